The van der Waals surface area contributed by atoms with E-state index in [-0.39, 0.29) is 0 Å². The summed E-state index contributed by atoms with van der Waals surface area (Å²) < 4.78 is 33.6. The van der Waals surface area contributed by atoms with Crippen molar-refractivity contribution in [3.8, 4) is 0 Å². The van der Waals surface area contributed by atoms with Gasteiger partial charge in [0, 0.05) is 63.4 Å². The molecular weight excluding hydrogens is 873 g/mol. The molecule has 0 amide bonds. The largest absolute Gasteiger partial charge is 0.500 e. The highest BCUT2D eigenvalue weighted by molar-refractivity contribution is 6.60. The Morgan fingerprint density at radius 2 is 0.676 bits per heavy atom. The molecule has 68 heavy (non-hydrogen) atoms. The maximum Gasteiger partial charge on any atom is 0.500 e. The van der Waals surface area contributed by atoms with E-state index in [9.17, 15) is 0 Å². The van der Waals surface area contributed by atoms with E-state index in [1.807, 2.05) is 47.6 Å². The summed E-state index contributed by atoms with van der Waals surface area (Å²) >= 11 is 0. The van der Waals surface area contributed by atoms with Gasteiger partial charge in [0.15, 0.2) is 0 Å². The first-order valence-electron chi connectivity index (χ1n) is 25.1. The second-order valence-electron chi connectivity index (χ2n) is 16.0. The maximum absolute atomic E-state index is 6.00. The average molecular weight is 955 g/mol. The SMILES string of the molecule is C=CCC(c1ccccc1)c1ccccc1.CCCC(c1ccccc1)c1ccccc1.CCO[SiH](OCC)OCC.CCO[Si](CCCC(c1ccccc1)c1ccccc1)(OCC)OCC. The molecule has 0 aromatic heterocycles. The number of benzene rings is 6. The second kappa shape index (κ2) is 36.3. The first-order valence-corrected chi connectivity index (χ1v) is 28.4. The zero-order valence-corrected chi connectivity index (χ0v) is 44.5. The summed E-state index contributed by atoms with van der Waals surface area (Å²) in [5, 5.41) is 0. The molecule has 0 saturated carbocycles. The van der Waals surface area contributed by atoms with Crippen LogP contribution in [0.3, 0.4) is 0 Å². The van der Waals surface area contributed by atoms with Crippen molar-refractivity contribution in [3.63, 3.8) is 0 Å². The van der Waals surface area contributed by atoms with Gasteiger partial charge in [-0.05, 0) is 101 Å². The van der Waals surface area contributed by atoms with Crippen LogP contribution in [-0.2, 0) is 26.6 Å². The molecule has 6 nitrogen and oxygen atoms in total. The molecule has 0 heterocycles. The summed E-state index contributed by atoms with van der Waals surface area (Å²) in [5.74, 6) is 1.36. The summed E-state index contributed by atoms with van der Waals surface area (Å²) in [6.45, 7) is 21.9. The molecule has 0 spiro atoms. The van der Waals surface area contributed by atoms with E-state index < -0.39 is 18.3 Å². The highest BCUT2D eigenvalue weighted by Gasteiger charge is 2.40. The third kappa shape index (κ3) is 21.7. The van der Waals surface area contributed by atoms with Crippen molar-refractivity contribution >= 4 is 18.3 Å². The molecule has 0 fully saturated rings. The van der Waals surface area contributed by atoms with E-state index in [0.717, 1.165) is 25.3 Å². The predicted molar refractivity (Wildman–Crippen MR) is 291 cm³/mol. The molecule has 0 atom stereocenters. The van der Waals surface area contributed by atoms with Crippen molar-refractivity contribution in [3.05, 3.63) is 228 Å². The average Bonchev–Trinajstić information content (AvgIpc) is 3.39. The van der Waals surface area contributed by atoms with Crippen LogP contribution in [-0.4, -0.2) is 58.0 Å². The van der Waals surface area contributed by atoms with Gasteiger partial charge in [-0.1, -0.05) is 201 Å². The van der Waals surface area contributed by atoms with E-state index in [0.29, 0.717) is 57.4 Å². The van der Waals surface area contributed by atoms with Crippen LogP contribution in [0.2, 0.25) is 6.04 Å². The molecule has 366 valence electrons. The minimum Gasteiger partial charge on any atom is -0.376 e. The zero-order valence-electron chi connectivity index (χ0n) is 42.3. The smallest absolute Gasteiger partial charge is 0.376 e. The van der Waals surface area contributed by atoms with Gasteiger partial charge in [0.2, 0.25) is 0 Å². The van der Waals surface area contributed by atoms with Crippen LogP contribution >= 0.6 is 0 Å². The first-order chi connectivity index (χ1) is 33.4. The lowest BCUT2D eigenvalue weighted by atomic mass is 9.88. The van der Waals surface area contributed by atoms with Crippen molar-refractivity contribution in [1.82, 2.24) is 0 Å². The number of rotatable bonds is 26. The highest BCUT2D eigenvalue weighted by atomic mass is 28.4. The molecular formula is C60H82O6Si2. The molecule has 0 radical (unpaired) electrons. The molecule has 0 aliphatic rings. The summed E-state index contributed by atoms with van der Waals surface area (Å²) in [6, 6.07) is 65.1. The predicted octanol–water partition coefficient (Wildman–Crippen LogP) is 15.5. The third-order valence-electron chi connectivity index (χ3n) is 11.2. The van der Waals surface area contributed by atoms with Gasteiger partial charge < -0.3 is 26.6 Å². The standard InChI is InChI=1S/C22H32O3Si.C16H18.C16H16.C6H16O3Si/c1-4-23-26(24-5-2,25-6-3)19-13-18-22(20-14-9-7-10-15-20)21-16-11-8-12-17-21;2*1-2-9-16(14-10-5-3-6-11-14)15-12-7-4-8-13-15;1-4-7-10(8-5-2)9-6-3/h7-12,14-17,22H,4-6,13,18-19H2,1-3H3;3-8,10-13,16H,2,9H2,1H3;2-8,10-13,16H,1,9H2;10H,4-6H2,1-3H3. The first kappa shape index (κ1) is 57.6. The van der Waals surface area contributed by atoms with E-state index in [2.05, 4.69) is 195 Å². The summed E-state index contributed by atoms with van der Waals surface area (Å²) in [6.07, 6.45) is 7.47. The Morgan fingerprint density at radius 1 is 0.397 bits per heavy atom. The fourth-order valence-corrected chi connectivity index (χ4v) is 11.9. The fourth-order valence-electron chi connectivity index (χ4n) is 8.16. The third-order valence-corrected chi connectivity index (χ3v) is 16.1. The quantitative estimate of drug-likeness (QED) is 0.0399. The van der Waals surface area contributed by atoms with Crippen molar-refractivity contribution in [2.75, 3.05) is 39.6 Å². The molecule has 0 saturated heterocycles. The number of hydrogen-bond donors (Lipinski definition) is 0. The molecule has 0 unspecified atom stereocenters. The topological polar surface area (TPSA) is 55.4 Å². The Labute approximate surface area is 415 Å². The van der Waals surface area contributed by atoms with Crippen LogP contribution in [0.25, 0.3) is 0 Å². The molecule has 0 aliphatic heterocycles. The summed E-state index contributed by atoms with van der Waals surface area (Å²) in [5.41, 5.74) is 8.28. The molecule has 6 aromatic carbocycles. The van der Waals surface area contributed by atoms with Gasteiger partial charge in [-0.2, -0.15) is 0 Å². The van der Waals surface area contributed by atoms with Crippen molar-refractivity contribution in [1.29, 1.82) is 0 Å². The van der Waals surface area contributed by atoms with E-state index >= 15 is 0 Å². The summed E-state index contributed by atoms with van der Waals surface area (Å²) in [7, 11) is -4.30. The molecule has 0 N–H and O–H groups in total. The van der Waals surface area contributed by atoms with E-state index in [1.54, 1.807) is 0 Å². The van der Waals surface area contributed by atoms with Crippen LogP contribution in [0.4, 0.5) is 0 Å². The van der Waals surface area contributed by atoms with Gasteiger partial charge in [-0.25, -0.2) is 0 Å². The van der Waals surface area contributed by atoms with Crippen molar-refractivity contribution < 1.29 is 26.6 Å². The molecule has 0 aliphatic carbocycles. The second-order valence-corrected chi connectivity index (χ2v) is 20.3. The zero-order chi connectivity index (χ0) is 48.9. The van der Waals surface area contributed by atoms with E-state index in [4.69, 9.17) is 26.6 Å². The van der Waals surface area contributed by atoms with Crippen molar-refractivity contribution in [2.45, 2.75) is 104 Å². The Hall–Kier alpha value is -4.75. The van der Waals surface area contributed by atoms with Gasteiger partial charge in [0.05, 0.1) is 0 Å². The van der Waals surface area contributed by atoms with Gasteiger partial charge in [0.25, 0.3) is 0 Å². The Morgan fingerprint density at radius 3 is 0.926 bits per heavy atom. The Kier molecular flexibility index (Phi) is 30.7. The molecule has 0 bridgehead atoms. The van der Waals surface area contributed by atoms with Gasteiger partial charge in [-0.15, -0.1) is 6.58 Å². The van der Waals surface area contributed by atoms with Crippen LogP contribution in [0.15, 0.2) is 195 Å². The van der Waals surface area contributed by atoms with Crippen LogP contribution < -0.4 is 0 Å². The van der Waals surface area contributed by atoms with Crippen LogP contribution in [0.5, 0.6) is 0 Å². The van der Waals surface area contributed by atoms with Crippen LogP contribution in [0, 0.1) is 0 Å². The molecule has 6 rings (SSSR count). The fraction of sp³-hybridized carbons (Fsp3) is 0.367. The normalized spacial score (nSPS) is 11.0. The van der Waals surface area contributed by atoms with Gasteiger partial charge in [0.1, 0.15) is 0 Å². The number of hydrogen-bond acceptors (Lipinski definition) is 6. The lowest BCUT2D eigenvalue weighted by Gasteiger charge is -2.29. The molecule has 6 aromatic rings. The lowest BCUT2D eigenvalue weighted by Crippen LogP contribution is -2.45. The molecule has 8 heteroatoms. The summed E-state index contributed by atoms with van der Waals surface area (Å²) in [4.78, 5) is 0. The van der Waals surface area contributed by atoms with E-state index in [1.165, 1.54) is 46.2 Å². The Bertz CT molecular complexity index is 1910. The highest BCUT2D eigenvalue weighted by Crippen LogP contribution is 2.32. The van der Waals surface area contributed by atoms with Gasteiger partial charge >= 0.3 is 18.3 Å². The minimum atomic E-state index is -2.56. The lowest BCUT2D eigenvalue weighted by molar-refractivity contribution is 0.0706. The Balaban J connectivity index is 0.000000254. The van der Waals surface area contributed by atoms with Crippen molar-refractivity contribution in [2.24, 2.45) is 0 Å². The number of allylic oxidation sites excluding steroid dienone is 1. The van der Waals surface area contributed by atoms with Crippen LogP contribution in [0.1, 0.15) is 132 Å². The maximum atomic E-state index is 6.00. The monoisotopic (exact) mass is 955 g/mol. The minimum absolute atomic E-state index is 0.383. The van der Waals surface area contributed by atoms with Gasteiger partial charge in [-0.3, -0.25) is 0 Å².